The first-order chi connectivity index (χ1) is 17.4. The number of para-hydroxylation sites is 1. The summed E-state index contributed by atoms with van der Waals surface area (Å²) >= 11 is 0. The largest absolute Gasteiger partial charge is 0.443 e. The van der Waals surface area contributed by atoms with Crippen LogP contribution in [0.2, 0.25) is 0 Å². The maximum atomic E-state index is 13.4. The second kappa shape index (κ2) is 10.6. The van der Waals surface area contributed by atoms with Crippen LogP contribution < -0.4 is 10.3 Å². The van der Waals surface area contributed by atoms with Crippen LogP contribution >= 0.6 is 0 Å². The third kappa shape index (κ3) is 6.72. The molecule has 9 nitrogen and oxygen atoms in total. The van der Waals surface area contributed by atoms with E-state index in [1.54, 1.807) is 41.5 Å². The molecule has 0 aliphatic carbocycles. The average Bonchev–Trinajstić information content (AvgIpc) is 3.35. The highest BCUT2D eigenvalue weighted by molar-refractivity contribution is 5.77. The van der Waals surface area contributed by atoms with Crippen molar-refractivity contribution in [2.24, 2.45) is 0 Å². The molecule has 0 radical (unpaired) electrons. The lowest BCUT2D eigenvalue weighted by Crippen LogP contribution is -2.60. The van der Waals surface area contributed by atoms with Gasteiger partial charge in [0.2, 0.25) is 0 Å². The first-order valence-corrected chi connectivity index (χ1v) is 12.6. The van der Waals surface area contributed by atoms with Crippen molar-refractivity contribution in [1.82, 2.24) is 10.4 Å². The molecule has 1 saturated heterocycles. The maximum Gasteiger partial charge on any atom is 0.431 e. The molecule has 37 heavy (non-hydrogen) atoms. The Kier molecular flexibility index (Phi) is 7.66. The molecule has 4 rings (SSSR count). The molecule has 200 valence electrons. The summed E-state index contributed by atoms with van der Waals surface area (Å²) in [5.41, 5.74) is 5.03. The van der Waals surface area contributed by atoms with Crippen molar-refractivity contribution < 1.29 is 28.5 Å². The van der Waals surface area contributed by atoms with E-state index >= 15 is 0 Å². The predicted octanol–water partition coefficient (Wildman–Crippen LogP) is 5.82. The number of nitrogens with zero attached hydrogens (tertiary/aromatic N) is 2. The Hall–Kier alpha value is -3.30. The van der Waals surface area contributed by atoms with Crippen LogP contribution in [0, 0.1) is 0 Å². The van der Waals surface area contributed by atoms with Gasteiger partial charge >= 0.3 is 12.2 Å². The summed E-state index contributed by atoms with van der Waals surface area (Å²) in [6.07, 6.45) is -1.08. The predicted molar refractivity (Wildman–Crippen MR) is 139 cm³/mol. The minimum Gasteiger partial charge on any atom is -0.443 e. The monoisotopic (exact) mass is 511 g/mol. The van der Waals surface area contributed by atoms with Gasteiger partial charge in [-0.05, 0) is 78.1 Å². The molecule has 1 N–H and O–H groups in total. The molecule has 2 aliphatic rings. The van der Waals surface area contributed by atoms with Crippen LogP contribution in [0.1, 0.15) is 65.4 Å². The summed E-state index contributed by atoms with van der Waals surface area (Å²) in [4.78, 5) is 28.3. The number of carbonyl (C=O) groups is 2. The topological polar surface area (TPSA) is 89.6 Å². The van der Waals surface area contributed by atoms with Crippen LogP contribution in [0.25, 0.3) is 0 Å². The molecule has 2 heterocycles. The van der Waals surface area contributed by atoms with Gasteiger partial charge in [-0.1, -0.05) is 30.3 Å². The van der Waals surface area contributed by atoms with E-state index in [2.05, 4.69) is 11.5 Å². The minimum absolute atomic E-state index is 0.384. The molecule has 9 heteroatoms. The highest BCUT2D eigenvalue weighted by atomic mass is 16.7. The number of nitrogens with one attached hydrogen (secondary N) is 1. The zero-order valence-electron chi connectivity index (χ0n) is 22.4. The number of rotatable bonds is 3. The summed E-state index contributed by atoms with van der Waals surface area (Å²) in [7, 11) is 0. The molecule has 2 aromatic carbocycles. The van der Waals surface area contributed by atoms with E-state index in [-0.39, 0.29) is 6.29 Å². The van der Waals surface area contributed by atoms with Gasteiger partial charge in [-0.15, -0.1) is 0 Å². The molecule has 2 aromatic rings. The highest BCUT2D eigenvalue weighted by Gasteiger charge is 2.38. The number of ether oxygens (including phenoxy) is 4. The SMILES string of the molecule is CC(C)(C)OC(=O)NN(C(=O)OC(C)(C)C)C1CCc2ccccc2N1c1ccc(C2OCCO2)cc1. The Morgan fingerprint density at radius 1 is 0.919 bits per heavy atom. The fourth-order valence-electron chi connectivity index (χ4n) is 4.38. The number of aryl methyl sites for hydroxylation is 1. The molecular formula is C28H37N3O6. The second-order valence-electron chi connectivity index (χ2n) is 11.1. The third-order valence-electron chi connectivity index (χ3n) is 5.79. The van der Waals surface area contributed by atoms with E-state index < -0.39 is 29.6 Å². The molecule has 1 unspecified atom stereocenters. The van der Waals surface area contributed by atoms with Gasteiger partial charge in [0, 0.05) is 16.9 Å². The first kappa shape index (κ1) is 26.8. The molecule has 0 aromatic heterocycles. The van der Waals surface area contributed by atoms with E-state index in [0.29, 0.717) is 26.1 Å². The summed E-state index contributed by atoms with van der Waals surface area (Å²) < 4.78 is 22.4. The Balaban J connectivity index is 1.71. The van der Waals surface area contributed by atoms with Crippen molar-refractivity contribution in [3.8, 4) is 0 Å². The van der Waals surface area contributed by atoms with Crippen molar-refractivity contribution in [3.63, 3.8) is 0 Å². The number of hydrogen-bond acceptors (Lipinski definition) is 7. The zero-order chi connectivity index (χ0) is 26.8. The van der Waals surface area contributed by atoms with Gasteiger partial charge in [-0.2, -0.15) is 5.01 Å². The third-order valence-corrected chi connectivity index (χ3v) is 5.79. The van der Waals surface area contributed by atoms with Crippen LogP contribution in [0.3, 0.4) is 0 Å². The number of amides is 2. The maximum absolute atomic E-state index is 13.4. The molecule has 0 spiro atoms. The first-order valence-electron chi connectivity index (χ1n) is 12.6. The Bertz CT molecular complexity index is 1100. The van der Waals surface area contributed by atoms with Crippen molar-refractivity contribution in [3.05, 3.63) is 59.7 Å². The van der Waals surface area contributed by atoms with Gasteiger partial charge in [0.15, 0.2) is 6.29 Å². The Morgan fingerprint density at radius 2 is 1.54 bits per heavy atom. The van der Waals surface area contributed by atoms with Crippen molar-refractivity contribution >= 4 is 23.6 Å². The molecule has 1 fully saturated rings. The summed E-state index contributed by atoms with van der Waals surface area (Å²) in [6.45, 7) is 11.8. The van der Waals surface area contributed by atoms with E-state index in [9.17, 15) is 9.59 Å². The van der Waals surface area contributed by atoms with Gasteiger partial charge in [0.05, 0.1) is 13.2 Å². The van der Waals surface area contributed by atoms with E-state index in [1.165, 1.54) is 5.01 Å². The minimum atomic E-state index is -0.759. The van der Waals surface area contributed by atoms with Crippen molar-refractivity contribution in [2.45, 2.75) is 78.0 Å². The molecule has 1 atom stereocenters. The quantitative estimate of drug-likeness (QED) is 0.520. The standard InChI is InChI=1S/C28H37N3O6/c1-27(2,3)36-25(32)29-31(26(33)37-28(4,5)6)23-16-13-19-9-7-8-10-22(19)30(23)21-14-11-20(12-15-21)24-34-17-18-35-24/h7-12,14-15,23-24H,13,16-18H2,1-6H3,(H,29,32). The summed E-state index contributed by atoms with van der Waals surface area (Å²) in [5, 5.41) is 1.24. The average molecular weight is 512 g/mol. The van der Waals surface area contributed by atoms with Gasteiger partial charge in [-0.3, -0.25) is 0 Å². The van der Waals surface area contributed by atoms with Crippen LogP contribution in [0.5, 0.6) is 0 Å². The lowest BCUT2D eigenvalue weighted by Gasteiger charge is -2.44. The summed E-state index contributed by atoms with van der Waals surface area (Å²) in [6, 6.07) is 15.9. The summed E-state index contributed by atoms with van der Waals surface area (Å²) in [5.74, 6) is 0. The molecule has 2 amide bonds. The lowest BCUT2D eigenvalue weighted by molar-refractivity contribution is -0.0441. The molecule has 2 aliphatic heterocycles. The fraction of sp³-hybridized carbons (Fsp3) is 0.500. The number of hydrazine groups is 1. The lowest BCUT2D eigenvalue weighted by atomic mass is 9.98. The Labute approximate surface area is 218 Å². The number of fused-ring (bicyclic) bond motifs is 1. The van der Waals surface area contributed by atoms with Gasteiger partial charge in [0.1, 0.15) is 17.4 Å². The molecular weight excluding hydrogens is 474 g/mol. The van der Waals surface area contributed by atoms with Crippen LogP contribution in [0.4, 0.5) is 21.0 Å². The van der Waals surface area contributed by atoms with Gasteiger partial charge in [0.25, 0.3) is 0 Å². The number of hydrogen-bond donors (Lipinski definition) is 1. The van der Waals surface area contributed by atoms with Crippen molar-refractivity contribution in [2.75, 3.05) is 18.1 Å². The molecule has 0 saturated carbocycles. The van der Waals surface area contributed by atoms with Crippen molar-refractivity contribution in [1.29, 1.82) is 0 Å². The van der Waals surface area contributed by atoms with Crippen LogP contribution in [-0.4, -0.2) is 47.8 Å². The van der Waals surface area contributed by atoms with E-state index in [4.69, 9.17) is 18.9 Å². The van der Waals surface area contributed by atoms with Gasteiger partial charge in [-0.25, -0.2) is 15.0 Å². The normalized spacial score (nSPS) is 18.2. The number of benzene rings is 2. The van der Waals surface area contributed by atoms with Gasteiger partial charge < -0.3 is 23.8 Å². The number of anilines is 2. The molecule has 0 bridgehead atoms. The fourth-order valence-corrected chi connectivity index (χ4v) is 4.38. The second-order valence-corrected chi connectivity index (χ2v) is 11.1. The smallest absolute Gasteiger partial charge is 0.431 e. The zero-order valence-corrected chi connectivity index (χ0v) is 22.4. The Morgan fingerprint density at radius 3 is 2.16 bits per heavy atom. The van der Waals surface area contributed by atoms with Crippen LogP contribution in [-0.2, 0) is 25.4 Å². The van der Waals surface area contributed by atoms with E-state index in [0.717, 1.165) is 22.5 Å². The number of carbonyl (C=O) groups excluding carboxylic acids is 2. The van der Waals surface area contributed by atoms with E-state index in [1.807, 2.05) is 47.4 Å². The van der Waals surface area contributed by atoms with Crippen LogP contribution in [0.15, 0.2) is 48.5 Å². The highest BCUT2D eigenvalue weighted by Crippen LogP contribution is 2.39.